The van der Waals surface area contributed by atoms with Gasteiger partial charge in [-0.15, -0.1) is 0 Å². The Morgan fingerprint density at radius 1 is 1.16 bits per heavy atom. The predicted octanol–water partition coefficient (Wildman–Crippen LogP) is 1.78. The van der Waals surface area contributed by atoms with Gasteiger partial charge in [0.1, 0.15) is 0 Å². The molecule has 0 radical (unpaired) electrons. The maximum Gasteiger partial charge on any atom is 0.161 e. The largest absolute Gasteiger partial charge is 0.493 e. The molecule has 1 aromatic rings. The third-order valence-electron chi connectivity index (χ3n) is 4.04. The van der Waals surface area contributed by atoms with E-state index in [2.05, 4.69) is 5.43 Å². The van der Waals surface area contributed by atoms with Crippen LogP contribution in [0.4, 0.5) is 0 Å². The van der Waals surface area contributed by atoms with Gasteiger partial charge in [0.15, 0.2) is 11.5 Å². The number of nitrogens with two attached hydrogens (primary N) is 1. The Balaban J connectivity index is 2.33. The molecule has 19 heavy (non-hydrogen) atoms. The zero-order valence-electron chi connectivity index (χ0n) is 11.7. The van der Waals surface area contributed by atoms with Gasteiger partial charge in [0.25, 0.3) is 0 Å². The fourth-order valence-electron chi connectivity index (χ4n) is 2.72. The Kier molecular flexibility index (Phi) is 4.29. The molecule has 106 valence electrons. The molecule has 0 bridgehead atoms. The predicted molar refractivity (Wildman–Crippen MR) is 73.2 cm³/mol. The molecule has 1 saturated carbocycles. The van der Waals surface area contributed by atoms with Gasteiger partial charge in [-0.25, -0.2) is 0 Å². The molecule has 2 rings (SSSR count). The second kappa shape index (κ2) is 5.77. The van der Waals surface area contributed by atoms with Gasteiger partial charge in [-0.1, -0.05) is 6.07 Å². The smallest absolute Gasteiger partial charge is 0.161 e. The lowest BCUT2D eigenvalue weighted by atomic mass is 9.72. The van der Waals surface area contributed by atoms with Crippen molar-refractivity contribution >= 4 is 0 Å². The zero-order chi connectivity index (χ0) is 13.9. The Bertz CT molecular complexity index is 427. The second-order valence-corrected chi connectivity index (χ2v) is 4.84. The first-order valence-electron chi connectivity index (χ1n) is 6.44. The Hall–Kier alpha value is -1.30. The molecule has 5 nitrogen and oxygen atoms in total. The van der Waals surface area contributed by atoms with Gasteiger partial charge in [0.05, 0.1) is 25.9 Å². The van der Waals surface area contributed by atoms with Gasteiger partial charge in [0.2, 0.25) is 0 Å². The highest BCUT2D eigenvalue weighted by atomic mass is 16.5. The lowest BCUT2D eigenvalue weighted by Gasteiger charge is -2.46. The molecule has 1 aliphatic rings. The maximum atomic E-state index is 5.74. The van der Waals surface area contributed by atoms with Crippen LogP contribution in [0.5, 0.6) is 11.5 Å². The summed E-state index contributed by atoms with van der Waals surface area (Å²) in [5, 5.41) is 0. The van der Waals surface area contributed by atoms with Gasteiger partial charge in [-0.3, -0.25) is 11.3 Å². The van der Waals surface area contributed by atoms with Crippen molar-refractivity contribution in [3.63, 3.8) is 0 Å². The first kappa shape index (κ1) is 14.1. The number of hydrazine groups is 1. The van der Waals surface area contributed by atoms with E-state index >= 15 is 0 Å². The van der Waals surface area contributed by atoms with E-state index in [1.165, 1.54) is 6.42 Å². The van der Waals surface area contributed by atoms with Crippen LogP contribution >= 0.6 is 0 Å². The van der Waals surface area contributed by atoms with E-state index in [-0.39, 0.29) is 11.6 Å². The highest BCUT2D eigenvalue weighted by molar-refractivity contribution is 5.44. The van der Waals surface area contributed by atoms with Crippen LogP contribution < -0.4 is 20.7 Å². The summed E-state index contributed by atoms with van der Waals surface area (Å²) < 4.78 is 16.3. The second-order valence-electron chi connectivity index (χ2n) is 4.84. The van der Waals surface area contributed by atoms with Crippen LogP contribution in [0, 0.1) is 0 Å². The molecule has 1 fully saturated rings. The molecular formula is C14H22N2O3. The van der Waals surface area contributed by atoms with Crippen molar-refractivity contribution in [1.29, 1.82) is 0 Å². The van der Waals surface area contributed by atoms with Crippen molar-refractivity contribution in [3.05, 3.63) is 23.8 Å². The molecule has 3 N–H and O–H groups in total. The van der Waals surface area contributed by atoms with Gasteiger partial charge >= 0.3 is 0 Å². The minimum Gasteiger partial charge on any atom is -0.493 e. The van der Waals surface area contributed by atoms with E-state index in [0.29, 0.717) is 11.5 Å². The van der Waals surface area contributed by atoms with Crippen LogP contribution in [0.2, 0.25) is 0 Å². The monoisotopic (exact) mass is 266 g/mol. The van der Waals surface area contributed by atoms with Crippen LogP contribution in [-0.2, 0) is 4.74 Å². The van der Waals surface area contributed by atoms with Gasteiger partial charge in [0, 0.05) is 7.11 Å². The lowest BCUT2D eigenvalue weighted by Crippen LogP contribution is -2.52. The summed E-state index contributed by atoms with van der Waals surface area (Å²) in [4.78, 5) is 0. The summed E-state index contributed by atoms with van der Waals surface area (Å²) in [6, 6.07) is 5.78. The molecule has 1 aliphatic carbocycles. The quantitative estimate of drug-likeness (QED) is 0.607. The number of benzene rings is 1. The van der Waals surface area contributed by atoms with Crippen molar-refractivity contribution < 1.29 is 14.2 Å². The van der Waals surface area contributed by atoms with Crippen molar-refractivity contribution in [2.24, 2.45) is 5.84 Å². The third kappa shape index (κ3) is 2.41. The number of hydrogen-bond donors (Lipinski definition) is 2. The number of hydrogen-bond acceptors (Lipinski definition) is 5. The average Bonchev–Trinajstić information content (AvgIpc) is 2.42. The summed E-state index contributed by atoms with van der Waals surface area (Å²) in [5.74, 6) is 7.15. The highest BCUT2D eigenvalue weighted by Gasteiger charge is 2.45. The van der Waals surface area contributed by atoms with Gasteiger partial charge in [-0.2, -0.15) is 0 Å². The summed E-state index contributed by atoms with van der Waals surface area (Å²) >= 11 is 0. The van der Waals surface area contributed by atoms with Crippen molar-refractivity contribution in [2.45, 2.75) is 30.9 Å². The Morgan fingerprint density at radius 3 is 2.26 bits per heavy atom. The van der Waals surface area contributed by atoms with Crippen molar-refractivity contribution in [3.8, 4) is 11.5 Å². The van der Waals surface area contributed by atoms with Gasteiger partial charge < -0.3 is 14.2 Å². The first-order chi connectivity index (χ1) is 9.20. The van der Waals surface area contributed by atoms with Crippen molar-refractivity contribution in [1.82, 2.24) is 5.43 Å². The van der Waals surface area contributed by atoms with E-state index in [0.717, 1.165) is 18.4 Å². The number of ether oxygens (including phenoxy) is 3. The van der Waals surface area contributed by atoms with Crippen LogP contribution in [0.1, 0.15) is 30.9 Å². The van der Waals surface area contributed by atoms with E-state index in [1.807, 2.05) is 18.2 Å². The van der Waals surface area contributed by atoms with E-state index in [4.69, 9.17) is 20.1 Å². The minimum atomic E-state index is -0.214. The normalized spacial score (nSPS) is 18.5. The molecule has 1 atom stereocenters. The molecule has 0 spiro atoms. The fraction of sp³-hybridized carbons (Fsp3) is 0.571. The van der Waals surface area contributed by atoms with Crippen LogP contribution in [0.25, 0.3) is 0 Å². The highest BCUT2D eigenvalue weighted by Crippen LogP contribution is 2.45. The van der Waals surface area contributed by atoms with Crippen LogP contribution in [0.3, 0.4) is 0 Å². The maximum absolute atomic E-state index is 5.74. The Labute approximate surface area is 114 Å². The van der Waals surface area contributed by atoms with Crippen LogP contribution in [0.15, 0.2) is 18.2 Å². The van der Waals surface area contributed by atoms with Crippen LogP contribution in [-0.4, -0.2) is 26.9 Å². The molecule has 0 aromatic heterocycles. The standard InChI is InChI=1S/C14H22N2O3/c1-17-11-6-5-10(9-12(11)18-2)13(16-15)14(19-3)7-4-8-14/h5-6,9,13,16H,4,7-8,15H2,1-3H3. The fourth-order valence-corrected chi connectivity index (χ4v) is 2.72. The summed E-state index contributed by atoms with van der Waals surface area (Å²) in [7, 11) is 4.99. The van der Waals surface area contributed by atoms with E-state index in [1.54, 1.807) is 21.3 Å². The summed E-state index contributed by atoms with van der Waals surface area (Å²) in [6.45, 7) is 0. The molecule has 5 heteroatoms. The topological polar surface area (TPSA) is 65.7 Å². The number of nitrogens with one attached hydrogen (secondary N) is 1. The summed E-state index contributed by atoms with van der Waals surface area (Å²) in [5.41, 5.74) is 3.71. The van der Waals surface area contributed by atoms with E-state index < -0.39 is 0 Å². The SMILES string of the molecule is COc1ccc(C(NN)C2(OC)CCC2)cc1OC. The molecule has 0 aliphatic heterocycles. The first-order valence-corrected chi connectivity index (χ1v) is 6.44. The van der Waals surface area contributed by atoms with Gasteiger partial charge in [-0.05, 0) is 37.0 Å². The number of methoxy groups -OCH3 is 3. The molecule has 0 amide bonds. The van der Waals surface area contributed by atoms with Crippen molar-refractivity contribution in [2.75, 3.05) is 21.3 Å². The lowest BCUT2D eigenvalue weighted by molar-refractivity contribution is -0.0999. The molecule has 1 unspecified atom stereocenters. The molecule has 0 saturated heterocycles. The molecule has 0 heterocycles. The Morgan fingerprint density at radius 2 is 1.84 bits per heavy atom. The van der Waals surface area contributed by atoms with E-state index in [9.17, 15) is 0 Å². The third-order valence-corrected chi connectivity index (χ3v) is 4.04. The average molecular weight is 266 g/mol. The number of rotatable bonds is 6. The molecule has 1 aromatic carbocycles. The minimum absolute atomic E-state index is 0.0499. The zero-order valence-corrected chi connectivity index (χ0v) is 11.7. The molecular weight excluding hydrogens is 244 g/mol. The summed E-state index contributed by atoms with van der Waals surface area (Å²) in [6.07, 6.45) is 3.18.